The summed E-state index contributed by atoms with van der Waals surface area (Å²) in [5.41, 5.74) is 1.06. The molecular weight excluding hydrogens is 368 g/mol. The molecule has 8 fully saturated rings. The van der Waals surface area contributed by atoms with E-state index in [2.05, 4.69) is 20.4 Å². The molecule has 2 heteroatoms. The molecular formula is C28H42O2. The van der Waals surface area contributed by atoms with Gasteiger partial charge in [-0.05, 0) is 144 Å². The molecule has 0 aromatic heterocycles. The molecule has 2 unspecified atom stereocenters. The maximum atomic E-state index is 12.1. The normalized spacial score (nSPS) is 50.7. The van der Waals surface area contributed by atoms with Gasteiger partial charge >= 0.3 is 5.97 Å². The Morgan fingerprint density at radius 3 is 1.83 bits per heavy atom. The van der Waals surface area contributed by atoms with Crippen molar-refractivity contribution in [1.82, 2.24) is 0 Å². The fraction of sp³-hybridized carbons (Fsp3) is 0.893. The van der Waals surface area contributed by atoms with E-state index in [1.165, 1.54) is 57.4 Å². The molecule has 8 aliphatic rings. The summed E-state index contributed by atoms with van der Waals surface area (Å²) in [4.78, 5) is 12.1. The largest absolute Gasteiger partial charge is 0.456 e. The molecule has 8 aliphatic carbocycles. The van der Waals surface area contributed by atoms with Crippen LogP contribution >= 0.6 is 0 Å². The third kappa shape index (κ3) is 2.98. The molecule has 2 nitrogen and oxygen atoms in total. The lowest BCUT2D eigenvalue weighted by Crippen LogP contribution is -2.60. The van der Waals surface area contributed by atoms with E-state index in [0.717, 1.165) is 29.6 Å². The first kappa shape index (κ1) is 19.9. The summed E-state index contributed by atoms with van der Waals surface area (Å²) in [6.45, 7) is 8.06. The Bertz CT molecular complexity index is 696. The lowest BCUT2D eigenvalue weighted by atomic mass is 9.39. The van der Waals surface area contributed by atoms with Crippen LogP contribution < -0.4 is 0 Å². The molecule has 0 heterocycles. The lowest BCUT2D eigenvalue weighted by Gasteiger charge is -2.66. The maximum Gasteiger partial charge on any atom is 0.330 e. The molecule has 8 bridgehead atoms. The van der Waals surface area contributed by atoms with E-state index in [-0.39, 0.29) is 17.0 Å². The van der Waals surface area contributed by atoms with E-state index in [1.54, 1.807) is 38.5 Å². The topological polar surface area (TPSA) is 26.3 Å². The van der Waals surface area contributed by atoms with Gasteiger partial charge in [0, 0.05) is 11.5 Å². The summed E-state index contributed by atoms with van der Waals surface area (Å²) in [5, 5.41) is 0. The van der Waals surface area contributed by atoms with Crippen molar-refractivity contribution in [3.8, 4) is 0 Å². The van der Waals surface area contributed by atoms with Crippen LogP contribution in [0.25, 0.3) is 0 Å². The van der Waals surface area contributed by atoms with Crippen LogP contribution in [0.15, 0.2) is 12.7 Å². The molecule has 0 aliphatic heterocycles. The minimum absolute atomic E-state index is 0.192. The summed E-state index contributed by atoms with van der Waals surface area (Å²) in [7, 11) is 0. The first-order valence-electron chi connectivity index (χ1n) is 13.1. The van der Waals surface area contributed by atoms with Gasteiger partial charge in [-0.2, -0.15) is 0 Å². The molecule has 8 rings (SSSR count). The van der Waals surface area contributed by atoms with Crippen LogP contribution in [0.4, 0.5) is 0 Å². The molecule has 0 spiro atoms. The Balaban J connectivity index is 1.23. The van der Waals surface area contributed by atoms with Crippen molar-refractivity contribution in [3.05, 3.63) is 12.7 Å². The molecule has 0 saturated heterocycles. The fourth-order valence-corrected chi connectivity index (χ4v) is 11.0. The van der Waals surface area contributed by atoms with Gasteiger partial charge in [-0.15, -0.1) is 0 Å². The molecule has 0 amide bonds. The van der Waals surface area contributed by atoms with Crippen LogP contribution in [-0.4, -0.2) is 11.6 Å². The summed E-state index contributed by atoms with van der Waals surface area (Å²) < 4.78 is 6.04. The Kier molecular flexibility index (Phi) is 4.22. The summed E-state index contributed by atoms with van der Waals surface area (Å²) in [6.07, 6.45) is 21.8. The van der Waals surface area contributed by atoms with Gasteiger partial charge in [-0.1, -0.05) is 6.58 Å². The van der Waals surface area contributed by atoms with Crippen LogP contribution in [0.5, 0.6) is 0 Å². The molecule has 0 N–H and O–H groups in total. The predicted octanol–water partition coefficient (Wildman–Crippen LogP) is 7.08. The van der Waals surface area contributed by atoms with Crippen molar-refractivity contribution in [3.63, 3.8) is 0 Å². The molecule has 0 aromatic rings. The average molecular weight is 411 g/mol. The molecule has 30 heavy (non-hydrogen) atoms. The highest BCUT2D eigenvalue weighted by molar-refractivity contribution is 5.81. The zero-order valence-electron chi connectivity index (χ0n) is 19.4. The van der Waals surface area contributed by atoms with Crippen molar-refractivity contribution in [1.29, 1.82) is 0 Å². The second-order valence-electron chi connectivity index (χ2n) is 13.8. The van der Waals surface area contributed by atoms with E-state index in [0.29, 0.717) is 10.8 Å². The number of esters is 1. The number of rotatable bonds is 6. The van der Waals surface area contributed by atoms with Crippen LogP contribution in [0.2, 0.25) is 0 Å². The smallest absolute Gasteiger partial charge is 0.330 e. The van der Waals surface area contributed by atoms with Crippen molar-refractivity contribution >= 4 is 5.97 Å². The second-order valence-corrected chi connectivity index (χ2v) is 13.8. The number of hydrogen-bond acceptors (Lipinski definition) is 2. The average Bonchev–Trinajstić information content (AvgIpc) is 2.64. The SMILES string of the molecule is C=CC(=O)OC(C)(C)C12CC3CC(CC(CCC45CC6CC(CC(C6)C4)C5)(C3)C1)C2. The minimum atomic E-state index is -0.373. The lowest BCUT2D eigenvalue weighted by molar-refractivity contribution is -0.214. The first-order valence-corrected chi connectivity index (χ1v) is 13.1. The van der Waals surface area contributed by atoms with E-state index < -0.39 is 0 Å². The fourth-order valence-electron chi connectivity index (χ4n) is 11.0. The van der Waals surface area contributed by atoms with Gasteiger partial charge in [-0.25, -0.2) is 4.79 Å². The van der Waals surface area contributed by atoms with Gasteiger partial charge in [-0.3, -0.25) is 0 Å². The van der Waals surface area contributed by atoms with Gasteiger partial charge in [0.15, 0.2) is 0 Å². The Labute approximate surface area is 183 Å². The van der Waals surface area contributed by atoms with Gasteiger partial charge in [0.1, 0.15) is 5.60 Å². The predicted molar refractivity (Wildman–Crippen MR) is 120 cm³/mol. The number of hydrogen-bond donors (Lipinski definition) is 0. The quantitative estimate of drug-likeness (QED) is 0.345. The van der Waals surface area contributed by atoms with E-state index in [4.69, 9.17) is 4.74 Å². The molecule has 8 saturated carbocycles. The Morgan fingerprint density at radius 2 is 1.30 bits per heavy atom. The van der Waals surface area contributed by atoms with Crippen molar-refractivity contribution < 1.29 is 9.53 Å². The van der Waals surface area contributed by atoms with Gasteiger partial charge in [0.05, 0.1) is 0 Å². The number of carbonyl (C=O) groups excluding carboxylic acids is 1. The van der Waals surface area contributed by atoms with Crippen LogP contribution in [0, 0.1) is 45.8 Å². The van der Waals surface area contributed by atoms with E-state index in [9.17, 15) is 4.79 Å². The highest BCUT2D eigenvalue weighted by Gasteiger charge is 2.63. The summed E-state index contributed by atoms with van der Waals surface area (Å²) in [5.74, 6) is 4.69. The summed E-state index contributed by atoms with van der Waals surface area (Å²) in [6, 6.07) is 0. The Morgan fingerprint density at radius 1 is 0.833 bits per heavy atom. The molecule has 2 atom stereocenters. The molecule has 166 valence electrons. The number of ether oxygens (including phenoxy) is 1. The van der Waals surface area contributed by atoms with Crippen LogP contribution in [-0.2, 0) is 9.53 Å². The standard InChI is InChI=1S/C28H42O2/c1-4-24(29)30-25(2,3)28-16-22-10-23(17-28)15-27(14-22,18-28)6-5-26-11-19-7-20(12-26)9-21(8-19)13-26/h4,19-23H,1,5-18H2,2-3H3. The van der Waals surface area contributed by atoms with E-state index in [1.807, 2.05) is 0 Å². The summed E-state index contributed by atoms with van der Waals surface area (Å²) >= 11 is 0. The van der Waals surface area contributed by atoms with Crippen molar-refractivity contribution in [2.24, 2.45) is 45.8 Å². The Hall–Kier alpha value is -0.790. The van der Waals surface area contributed by atoms with E-state index >= 15 is 0 Å². The second kappa shape index (κ2) is 6.38. The zero-order chi connectivity index (χ0) is 20.8. The monoisotopic (exact) mass is 410 g/mol. The highest BCUT2D eigenvalue weighted by atomic mass is 16.6. The van der Waals surface area contributed by atoms with Crippen LogP contribution in [0.3, 0.4) is 0 Å². The van der Waals surface area contributed by atoms with Gasteiger partial charge in [0.25, 0.3) is 0 Å². The number of carbonyl (C=O) groups is 1. The third-order valence-electron chi connectivity index (χ3n) is 11.3. The first-order chi connectivity index (χ1) is 14.2. The molecule has 0 aromatic carbocycles. The van der Waals surface area contributed by atoms with Crippen LogP contribution in [0.1, 0.15) is 104 Å². The van der Waals surface area contributed by atoms with Gasteiger partial charge < -0.3 is 4.74 Å². The highest BCUT2D eigenvalue weighted by Crippen LogP contribution is 2.71. The van der Waals surface area contributed by atoms with Crippen molar-refractivity contribution in [2.45, 2.75) is 109 Å². The molecule has 0 radical (unpaired) electrons. The third-order valence-corrected chi connectivity index (χ3v) is 11.3. The minimum Gasteiger partial charge on any atom is -0.456 e. The van der Waals surface area contributed by atoms with Crippen molar-refractivity contribution in [2.75, 3.05) is 0 Å². The maximum absolute atomic E-state index is 12.1. The zero-order valence-corrected chi connectivity index (χ0v) is 19.4. The van der Waals surface area contributed by atoms with Gasteiger partial charge in [0.2, 0.25) is 0 Å².